The van der Waals surface area contributed by atoms with Crippen molar-refractivity contribution < 1.29 is 14.2 Å². The molecule has 1 aliphatic heterocycles. The van der Waals surface area contributed by atoms with Gasteiger partial charge in [-0.15, -0.1) is 0 Å². The third kappa shape index (κ3) is 2.28. The monoisotopic (exact) mass is 200 g/mol. The molecule has 0 bridgehead atoms. The SMILES string of the molecule is CCC(/C=C/OC)(CC)C1OCCO1. The highest BCUT2D eigenvalue weighted by Crippen LogP contribution is 2.36. The average Bonchev–Trinajstić information content (AvgIpc) is 2.74. The number of hydrogen-bond donors (Lipinski definition) is 0. The molecule has 0 unspecified atom stereocenters. The summed E-state index contributed by atoms with van der Waals surface area (Å²) in [5.41, 5.74) is -0.0352. The van der Waals surface area contributed by atoms with Crippen molar-refractivity contribution in [1.82, 2.24) is 0 Å². The zero-order chi connectivity index (χ0) is 10.4. The van der Waals surface area contributed by atoms with E-state index in [1.807, 2.05) is 0 Å². The molecule has 0 aromatic carbocycles. The van der Waals surface area contributed by atoms with Gasteiger partial charge >= 0.3 is 0 Å². The maximum absolute atomic E-state index is 5.57. The molecule has 0 atom stereocenters. The Hall–Kier alpha value is -0.540. The van der Waals surface area contributed by atoms with E-state index >= 15 is 0 Å². The van der Waals surface area contributed by atoms with Crippen LogP contribution in [0.3, 0.4) is 0 Å². The lowest BCUT2D eigenvalue weighted by atomic mass is 9.81. The molecule has 1 heterocycles. The standard InChI is InChI=1S/C11H20O3/c1-4-11(5-2,6-7-12-3)10-13-8-9-14-10/h6-7,10H,4-5,8-9H2,1-3H3/b7-6+. The van der Waals surface area contributed by atoms with E-state index in [9.17, 15) is 0 Å². The Labute approximate surface area is 86.0 Å². The van der Waals surface area contributed by atoms with E-state index in [1.54, 1.807) is 13.4 Å². The van der Waals surface area contributed by atoms with E-state index in [0.717, 1.165) is 12.8 Å². The van der Waals surface area contributed by atoms with Gasteiger partial charge in [-0.05, 0) is 18.9 Å². The summed E-state index contributed by atoms with van der Waals surface area (Å²) in [5.74, 6) is 0. The smallest absolute Gasteiger partial charge is 0.166 e. The topological polar surface area (TPSA) is 27.7 Å². The van der Waals surface area contributed by atoms with Gasteiger partial charge in [0.2, 0.25) is 0 Å². The molecule has 0 radical (unpaired) electrons. The summed E-state index contributed by atoms with van der Waals surface area (Å²) in [6.07, 6.45) is 5.66. The Morgan fingerprint density at radius 2 is 1.86 bits per heavy atom. The first-order valence-electron chi connectivity index (χ1n) is 5.22. The van der Waals surface area contributed by atoms with Gasteiger partial charge in [0, 0.05) is 5.41 Å². The lowest BCUT2D eigenvalue weighted by Gasteiger charge is -2.32. The van der Waals surface area contributed by atoms with E-state index < -0.39 is 0 Å². The Kier molecular flexibility index (Phi) is 4.42. The summed E-state index contributed by atoms with van der Waals surface area (Å²) in [5, 5.41) is 0. The van der Waals surface area contributed by atoms with E-state index in [0.29, 0.717) is 13.2 Å². The van der Waals surface area contributed by atoms with Gasteiger partial charge in [-0.1, -0.05) is 13.8 Å². The van der Waals surface area contributed by atoms with Gasteiger partial charge in [-0.3, -0.25) is 0 Å². The zero-order valence-corrected chi connectivity index (χ0v) is 9.29. The number of hydrogen-bond acceptors (Lipinski definition) is 3. The molecule has 82 valence electrons. The molecule has 14 heavy (non-hydrogen) atoms. The molecule has 1 rings (SSSR count). The van der Waals surface area contributed by atoms with Crippen LogP contribution in [0, 0.1) is 5.41 Å². The molecule has 3 nitrogen and oxygen atoms in total. The molecule has 0 spiro atoms. The van der Waals surface area contributed by atoms with E-state index in [-0.39, 0.29) is 11.7 Å². The summed E-state index contributed by atoms with van der Waals surface area (Å²) in [6, 6.07) is 0. The Balaban J connectivity index is 2.72. The maximum Gasteiger partial charge on any atom is 0.166 e. The first-order chi connectivity index (χ1) is 6.79. The fraction of sp³-hybridized carbons (Fsp3) is 0.818. The third-order valence-corrected chi connectivity index (χ3v) is 2.94. The molecule has 0 aliphatic carbocycles. The largest absolute Gasteiger partial charge is 0.505 e. The van der Waals surface area contributed by atoms with Crippen molar-refractivity contribution >= 4 is 0 Å². The molecule has 3 heteroatoms. The fourth-order valence-corrected chi connectivity index (χ4v) is 1.79. The molecule has 1 fully saturated rings. The summed E-state index contributed by atoms with van der Waals surface area (Å²) in [7, 11) is 1.66. The van der Waals surface area contributed by atoms with Crippen molar-refractivity contribution in [3.05, 3.63) is 12.3 Å². The van der Waals surface area contributed by atoms with Gasteiger partial charge in [-0.2, -0.15) is 0 Å². The third-order valence-electron chi connectivity index (χ3n) is 2.94. The predicted octanol–water partition coefficient (Wildman–Crippen LogP) is 2.33. The van der Waals surface area contributed by atoms with Gasteiger partial charge in [0.05, 0.1) is 26.6 Å². The quantitative estimate of drug-likeness (QED) is 0.637. The highest BCUT2D eigenvalue weighted by Gasteiger charge is 2.37. The first-order valence-corrected chi connectivity index (χ1v) is 5.22. The summed E-state index contributed by atoms with van der Waals surface area (Å²) in [4.78, 5) is 0. The van der Waals surface area contributed by atoms with Crippen molar-refractivity contribution in [1.29, 1.82) is 0 Å². The molecule has 0 aromatic rings. The van der Waals surface area contributed by atoms with E-state index in [4.69, 9.17) is 14.2 Å². The number of rotatable bonds is 5. The molecule has 0 aromatic heterocycles. The molecule has 0 amide bonds. The van der Waals surface area contributed by atoms with Crippen LogP contribution in [0.15, 0.2) is 12.3 Å². The molecule has 0 saturated carbocycles. The second-order valence-electron chi connectivity index (χ2n) is 3.55. The van der Waals surface area contributed by atoms with Gasteiger partial charge in [0.25, 0.3) is 0 Å². The average molecular weight is 200 g/mol. The maximum atomic E-state index is 5.57. The predicted molar refractivity (Wildman–Crippen MR) is 54.9 cm³/mol. The lowest BCUT2D eigenvalue weighted by Crippen LogP contribution is -2.33. The Bertz CT molecular complexity index is 179. The zero-order valence-electron chi connectivity index (χ0n) is 9.29. The summed E-state index contributed by atoms with van der Waals surface area (Å²) >= 11 is 0. The Morgan fingerprint density at radius 1 is 1.29 bits per heavy atom. The van der Waals surface area contributed by atoms with Crippen LogP contribution < -0.4 is 0 Å². The normalized spacial score (nSPS) is 19.4. The van der Waals surface area contributed by atoms with Crippen LogP contribution in [0.2, 0.25) is 0 Å². The molecular weight excluding hydrogens is 180 g/mol. The van der Waals surface area contributed by atoms with E-state index in [1.165, 1.54) is 0 Å². The fourth-order valence-electron chi connectivity index (χ4n) is 1.79. The second-order valence-corrected chi connectivity index (χ2v) is 3.55. The van der Waals surface area contributed by atoms with Gasteiger partial charge in [0.15, 0.2) is 6.29 Å². The van der Waals surface area contributed by atoms with Crippen LogP contribution in [0.5, 0.6) is 0 Å². The minimum Gasteiger partial charge on any atom is -0.505 e. The van der Waals surface area contributed by atoms with Crippen LogP contribution in [-0.4, -0.2) is 26.6 Å². The number of methoxy groups -OCH3 is 1. The highest BCUT2D eigenvalue weighted by atomic mass is 16.7. The van der Waals surface area contributed by atoms with Crippen LogP contribution in [-0.2, 0) is 14.2 Å². The van der Waals surface area contributed by atoms with Crippen molar-refractivity contribution in [2.75, 3.05) is 20.3 Å². The molecule has 1 saturated heterocycles. The van der Waals surface area contributed by atoms with E-state index in [2.05, 4.69) is 19.9 Å². The van der Waals surface area contributed by atoms with Crippen molar-refractivity contribution in [2.24, 2.45) is 5.41 Å². The van der Waals surface area contributed by atoms with Crippen molar-refractivity contribution in [2.45, 2.75) is 33.0 Å². The summed E-state index contributed by atoms with van der Waals surface area (Å²) in [6.45, 7) is 5.70. The van der Waals surface area contributed by atoms with Crippen LogP contribution in [0.1, 0.15) is 26.7 Å². The Morgan fingerprint density at radius 3 is 2.29 bits per heavy atom. The molecule has 1 aliphatic rings. The van der Waals surface area contributed by atoms with Gasteiger partial charge in [-0.25, -0.2) is 0 Å². The second kappa shape index (κ2) is 5.37. The summed E-state index contributed by atoms with van der Waals surface area (Å²) < 4.78 is 16.1. The minimum atomic E-state index is -0.108. The van der Waals surface area contributed by atoms with Crippen LogP contribution in [0.25, 0.3) is 0 Å². The van der Waals surface area contributed by atoms with Gasteiger partial charge in [0.1, 0.15) is 0 Å². The molecular formula is C11H20O3. The van der Waals surface area contributed by atoms with Crippen molar-refractivity contribution in [3.8, 4) is 0 Å². The van der Waals surface area contributed by atoms with Crippen molar-refractivity contribution in [3.63, 3.8) is 0 Å². The minimum absolute atomic E-state index is 0.0352. The first kappa shape index (κ1) is 11.5. The van der Waals surface area contributed by atoms with Crippen LogP contribution >= 0.6 is 0 Å². The lowest BCUT2D eigenvalue weighted by molar-refractivity contribution is -0.117. The number of ether oxygens (including phenoxy) is 3. The van der Waals surface area contributed by atoms with Gasteiger partial charge < -0.3 is 14.2 Å². The molecule has 0 N–H and O–H groups in total. The van der Waals surface area contributed by atoms with Crippen LogP contribution in [0.4, 0.5) is 0 Å². The highest BCUT2D eigenvalue weighted by molar-refractivity contribution is 4.99.